The van der Waals surface area contributed by atoms with E-state index in [1.54, 1.807) is 12.1 Å². The van der Waals surface area contributed by atoms with Gasteiger partial charge in [-0.05, 0) is 46.3 Å². The molecule has 0 radical (unpaired) electrons. The molecule has 0 saturated heterocycles. The van der Waals surface area contributed by atoms with E-state index < -0.39 is 16.0 Å². The van der Waals surface area contributed by atoms with Gasteiger partial charge in [0.05, 0.1) is 23.3 Å². The van der Waals surface area contributed by atoms with Crippen molar-refractivity contribution in [1.82, 2.24) is 4.72 Å². The second-order valence-electron chi connectivity index (χ2n) is 3.85. The fraction of sp³-hybridized carbons (Fsp3) is 0.0833. The zero-order valence-corrected chi connectivity index (χ0v) is 12.4. The molecule has 0 fully saturated rings. The number of halogens is 1. The van der Waals surface area contributed by atoms with Gasteiger partial charge in [-0.25, -0.2) is 17.9 Å². The largest absolute Gasteiger partial charge is 0.478 e. The summed E-state index contributed by atoms with van der Waals surface area (Å²) >= 11 is 3.06. The van der Waals surface area contributed by atoms with Crippen LogP contribution in [0.25, 0.3) is 0 Å². The van der Waals surface area contributed by atoms with Crippen molar-refractivity contribution in [3.05, 3.63) is 52.4 Å². The number of carboxylic acid groups (broad SMARTS) is 1. The minimum atomic E-state index is -3.76. The fourth-order valence-electron chi connectivity index (χ4n) is 1.51. The molecule has 6 nitrogen and oxygen atoms in total. The number of hydrogen-bond acceptors (Lipinski definition) is 4. The van der Waals surface area contributed by atoms with Crippen LogP contribution in [0.5, 0.6) is 0 Å². The summed E-state index contributed by atoms with van der Waals surface area (Å²) < 4.78 is 31.8. The van der Waals surface area contributed by atoms with Crippen LogP contribution < -0.4 is 4.72 Å². The van der Waals surface area contributed by atoms with Gasteiger partial charge in [-0.2, -0.15) is 0 Å². The third kappa shape index (κ3) is 3.27. The first-order valence-corrected chi connectivity index (χ1v) is 7.72. The molecule has 0 unspecified atom stereocenters. The average Bonchev–Trinajstić information content (AvgIpc) is 2.89. The zero-order valence-electron chi connectivity index (χ0n) is 10.0. The van der Waals surface area contributed by atoms with Crippen LogP contribution in [0.3, 0.4) is 0 Å². The molecule has 2 N–H and O–H groups in total. The Balaban J connectivity index is 2.23. The van der Waals surface area contributed by atoms with Gasteiger partial charge in [-0.1, -0.05) is 0 Å². The number of carboxylic acids is 1. The van der Waals surface area contributed by atoms with Crippen LogP contribution in [0.2, 0.25) is 0 Å². The molecule has 0 amide bonds. The van der Waals surface area contributed by atoms with Crippen molar-refractivity contribution in [1.29, 1.82) is 0 Å². The van der Waals surface area contributed by atoms with E-state index in [-0.39, 0.29) is 21.5 Å². The maximum absolute atomic E-state index is 12.1. The van der Waals surface area contributed by atoms with Gasteiger partial charge >= 0.3 is 5.97 Å². The van der Waals surface area contributed by atoms with E-state index in [1.807, 2.05) is 0 Å². The highest BCUT2D eigenvalue weighted by Crippen LogP contribution is 2.23. The quantitative estimate of drug-likeness (QED) is 0.852. The standard InChI is InChI=1S/C12H10BrNO5S/c13-10-6-8(12(15)16)3-4-11(10)20(17,18)14-7-9-2-1-5-19-9/h1-6,14H,7H2,(H,15,16). The number of carbonyl (C=O) groups is 1. The van der Waals surface area contributed by atoms with Crippen molar-refractivity contribution < 1.29 is 22.7 Å². The Labute approximate surface area is 123 Å². The average molecular weight is 360 g/mol. The SMILES string of the molecule is O=C(O)c1ccc(S(=O)(=O)NCc2ccco2)c(Br)c1. The Morgan fingerprint density at radius 1 is 1.35 bits per heavy atom. The van der Waals surface area contributed by atoms with Crippen molar-refractivity contribution >= 4 is 31.9 Å². The van der Waals surface area contributed by atoms with Crippen LogP contribution in [-0.4, -0.2) is 19.5 Å². The maximum atomic E-state index is 12.1. The second-order valence-corrected chi connectivity index (χ2v) is 6.44. The summed E-state index contributed by atoms with van der Waals surface area (Å²) in [7, 11) is -3.76. The van der Waals surface area contributed by atoms with E-state index >= 15 is 0 Å². The minimum Gasteiger partial charge on any atom is -0.478 e. The molecule has 0 saturated carbocycles. The lowest BCUT2D eigenvalue weighted by Crippen LogP contribution is -2.23. The summed E-state index contributed by atoms with van der Waals surface area (Å²) in [6, 6.07) is 7.00. The molecule has 0 aliphatic rings. The van der Waals surface area contributed by atoms with Gasteiger partial charge in [-0.3, -0.25) is 0 Å². The summed E-state index contributed by atoms with van der Waals surface area (Å²) in [5.74, 6) is -0.648. The van der Waals surface area contributed by atoms with E-state index in [0.29, 0.717) is 5.76 Å². The fourth-order valence-corrected chi connectivity index (χ4v) is 3.58. The minimum absolute atomic E-state index is 0.00172. The van der Waals surface area contributed by atoms with E-state index in [1.165, 1.54) is 24.5 Å². The number of nitrogens with one attached hydrogen (secondary N) is 1. The number of sulfonamides is 1. The lowest BCUT2D eigenvalue weighted by Gasteiger charge is -2.08. The maximum Gasteiger partial charge on any atom is 0.335 e. The summed E-state index contributed by atoms with van der Waals surface area (Å²) in [5, 5.41) is 8.83. The van der Waals surface area contributed by atoms with Crippen LogP contribution in [0, 0.1) is 0 Å². The van der Waals surface area contributed by atoms with Crippen molar-refractivity contribution in [2.75, 3.05) is 0 Å². The molecule has 106 valence electrons. The number of rotatable bonds is 5. The van der Waals surface area contributed by atoms with Crippen molar-refractivity contribution in [2.24, 2.45) is 0 Å². The monoisotopic (exact) mass is 359 g/mol. The molecule has 8 heteroatoms. The Hall–Kier alpha value is -1.64. The topological polar surface area (TPSA) is 96.6 Å². The Morgan fingerprint density at radius 2 is 2.10 bits per heavy atom. The van der Waals surface area contributed by atoms with Crippen LogP contribution in [0.4, 0.5) is 0 Å². The molecule has 1 aromatic carbocycles. The van der Waals surface area contributed by atoms with Crippen molar-refractivity contribution in [2.45, 2.75) is 11.4 Å². The van der Waals surface area contributed by atoms with Gasteiger partial charge in [-0.15, -0.1) is 0 Å². The van der Waals surface area contributed by atoms with E-state index in [9.17, 15) is 13.2 Å². The second kappa shape index (κ2) is 5.78. The molecule has 2 aromatic rings. The molecule has 0 aliphatic heterocycles. The molecule has 0 aliphatic carbocycles. The number of furan rings is 1. The highest BCUT2D eigenvalue weighted by molar-refractivity contribution is 9.10. The van der Waals surface area contributed by atoms with Gasteiger partial charge in [0.1, 0.15) is 5.76 Å². The van der Waals surface area contributed by atoms with Crippen LogP contribution >= 0.6 is 15.9 Å². The highest BCUT2D eigenvalue weighted by Gasteiger charge is 2.19. The van der Waals surface area contributed by atoms with E-state index in [4.69, 9.17) is 9.52 Å². The Bertz CT molecular complexity index is 724. The summed E-state index contributed by atoms with van der Waals surface area (Å²) in [6.45, 7) is 0.0163. The Kier molecular flexibility index (Phi) is 4.26. The first-order valence-electron chi connectivity index (χ1n) is 5.45. The molecule has 0 spiro atoms. The highest BCUT2D eigenvalue weighted by atomic mass is 79.9. The lowest BCUT2D eigenvalue weighted by molar-refractivity contribution is 0.0696. The number of hydrogen-bond donors (Lipinski definition) is 2. The molecular formula is C12H10BrNO5S. The summed E-state index contributed by atoms with van der Waals surface area (Å²) in [5.41, 5.74) is 0.00172. The smallest absolute Gasteiger partial charge is 0.335 e. The third-order valence-corrected chi connectivity index (χ3v) is 4.86. The van der Waals surface area contributed by atoms with E-state index in [0.717, 1.165) is 0 Å². The lowest BCUT2D eigenvalue weighted by atomic mass is 10.2. The zero-order chi connectivity index (χ0) is 14.8. The van der Waals surface area contributed by atoms with Crippen LogP contribution in [-0.2, 0) is 16.6 Å². The summed E-state index contributed by atoms with van der Waals surface area (Å²) in [4.78, 5) is 10.8. The molecule has 0 bridgehead atoms. The third-order valence-electron chi connectivity index (χ3n) is 2.48. The molecule has 2 rings (SSSR count). The Morgan fingerprint density at radius 3 is 2.65 bits per heavy atom. The molecular weight excluding hydrogens is 350 g/mol. The predicted octanol–water partition coefficient (Wildman–Crippen LogP) is 2.22. The first kappa shape index (κ1) is 14.8. The van der Waals surface area contributed by atoms with Crippen LogP contribution in [0.1, 0.15) is 16.1 Å². The van der Waals surface area contributed by atoms with E-state index in [2.05, 4.69) is 20.7 Å². The van der Waals surface area contributed by atoms with Gasteiger partial charge in [0, 0.05) is 4.47 Å². The molecule has 1 heterocycles. The summed E-state index contributed by atoms with van der Waals surface area (Å²) in [6.07, 6.45) is 1.45. The van der Waals surface area contributed by atoms with Crippen molar-refractivity contribution in [3.63, 3.8) is 0 Å². The predicted molar refractivity (Wildman–Crippen MR) is 73.8 cm³/mol. The molecule has 20 heavy (non-hydrogen) atoms. The first-order chi connectivity index (χ1) is 9.40. The number of benzene rings is 1. The van der Waals surface area contributed by atoms with Gasteiger partial charge in [0.25, 0.3) is 0 Å². The van der Waals surface area contributed by atoms with Gasteiger partial charge < -0.3 is 9.52 Å². The van der Waals surface area contributed by atoms with Gasteiger partial charge in [0.15, 0.2) is 0 Å². The number of aromatic carboxylic acids is 1. The van der Waals surface area contributed by atoms with Crippen LogP contribution in [0.15, 0.2) is 50.4 Å². The molecule has 0 atom stereocenters. The molecule has 1 aromatic heterocycles. The van der Waals surface area contributed by atoms with Crippen molar-refractivity contribution in [3.8, 4) is 0 Å². The van der Waals surface area contributed by atoms with Gasteiger partial charge in [0.2, 0.25) is 10.0 Å². The normalized spacial score (nSPS) is 11.4.